The molecule has 1 saturated heterocycles. The van der Waals surface area contributed by atoms with Crippen LogP contribution in [0, 0.1) is 29.6 Å². The molecule has 274 valence electrons. The van der Waals surface area contributed by atoms with Gasteiger partial charge >= 0.3 is 0 Å². The number of morpholine rings is 1. The molecule has 51 heavy (non-hydrogen) atoms. The second-order valence-electron chi connectivity index (χ2n) is 15.4. The summed E-state index contributed by atoms with van der Waals surface area (Å²) in [5.74, 6) is 12.0. The fourth-order valence-corrected chi connectivity index (χ4v) is 10.5. The zero-order valence-corrected chi connectivity index (χ0v) is 31.8. The second-order valence-corrected chi connectivity index (χ2v) is 18.2. The summed E-state index contributed by atoms with van der Waals surface area (Å²) in [6, 6.07) is 11.9. The average molecular weight is 734 g/mol. The molecule has 1 unspecified atom stereocenters. The summed E-state index contributed by atoms with van der Waals surface area (Å²) in [7, 11) is -1.19. The highest BCUT2D eigenvalue weighted by atomic mass is 35.5. The van der Waals surface area contributed by atoms with Crippen LogP contribution in [0.5, 0.6) is 5.75 Å². The number of amides is 1. The molecule has 0 aromatic heterocycles. The number of ether oxygens (including phenoxy) is 3. The van der Waals surface area contributed by atoms with Gasteiger partial charge in [0.1, 0.15) is 11.4 Å². The summed E-state index contributed by atoms with van der Waals surface area (Å²) in [5.41, 5.74) is 2.89. The van der Waals surface area contributed by atoms with Crippen LogP contribution in [0.25, 0.3) is 0 Å². The third-order valence-corrected chi connectivity index (χ3v) is 14.7. The fraction of sp³-hybridized carbons (Fsp3) is 0.561. The van der Waals surface area contributed by atoms with Crippen LogP contribution in [0.4, 0.5) is 5.69 Å². The Bertz CT molecular complexity index is 1830. The molecule has 1 N–H and O–H groups in total. The lowest BCUT2D eigenvalue weighted by atomic mass is 9.64. The molecule has 7 atom stereocenters. The molecule has 1 spiro atoms. The van der Waals surface area contributed by atoms with E-state index in [0.717, 1.165) is 88.0 Å². The highest BCUT2D eigenvalue weighted by molar-refractivity contribution is 7.99. The molecule has 3 aliphatic heterocycles. The number of rotatable bonds is 2. The maximum atomic E-state index is 14.0. The standard InChI is InChI=1S/C41H52ClN3O5S/c1-29-8-5-17-41(48-3,18-7-19-44-20-22-49-23-21-44)36-13-10-33(36)26-45-27-40(16-6-9-31-24-34(42)12-14-35(31)40)28-50-38-15-11-32(25-37(38)45)39(46)43-51(4,47)30(29)2/h5,11-12,14-15,17,24-25,29-30,33,36H,4,6,8-10,13,16,19-23,26-28H2,1-3H3,(H,43,46,47)/b17-5+/t29-,30+,33-,36+,40-,41-,51?/m0/s1. The van der Waals surface area contributed by atoms with E-state index in [1.165, 1.54) is 11.1 Å². The number of nitrogens with zero attached hydrogens (tertiary/aromatic N) is 2. The molecular weight excluding hydrogens is 682 g/mol. The first-order valence-corrected chi connectivity index (χ1v) is 20.7. The SMILES string of the molecule is C=S1(=O)NC(=O)c2ccc3c(c2)N(C[C@@H]2CC[C@H]2[C@](C#CCN2CCOCC2)(OC)/C=C/C[C@H](C)[C@H]1C)C[C@@]1(CCCc2cc(Cl)ccc21)CO3. The van der Waals surface area contributed by atoms with Crippen molar-refractivity contribution in [2.45, 2.75) is 68.6 Å². The van der Waals surface area contributed by atoms with Crippen LogP contribution < -0.4 is 14.4 Å². The third kappa shape index (κ3) is 7.32. The van der Waals surface area contributed by atoms with Crippen LogP contribution in [0.15, 0.2) is 48.6 Å². The number of hydrogen-bond donors (Lipinski definition) is 1. The molecule has 2 aromatic rings. The molecule has 1 saturated carbocycles. The lowest BCUT2D eigenvalue weighted by Crippen LogP contribution is -2.52. The smallest absolute Gasteiger partial charge is 0.262 e. The Hall–Kier alpha value is -3.00. The summed E-state index contributed by atoms with van der Waals surface area (Å²) in [4.78, 5) is 18.5. The number of aryl methyl sites for hydroxylation is 1. The van der Waals surface area contributed by atoms with Crippen molar-refractivity contribution in [1.82, 2.24) is 9.62 Å². The number of fused-ring (bicyclic) bond motifs is 4. The molecule has 2 aromatic carbocycles. The Kier molecular flexibility index (Phi) is 10.5. The lowest BCUT2D eigenvalue weighted by Gasteiger charge is -2.48. The maximum absolute atomic E-state index is 14.0. The predicted octanol–water partition coefficient (Wildman–Crippen LogP) is 5.91. The van der Waals surface area contributed by atoms with Crippen LogP contribution >= 0.6 is 11.6 Å². The van der Waals surface area contributed by atoms with E-state index >= 15 is 0 Å². The Labute approximate surface area is 309 Å². The van der Waals surface area contributed by atoms with E-state index in [1.807, 2.05) is 25.1 Å². The number of anilines is 1. The van der Waals surface area contributed by atoms with Gasteiger partial charge in [-0.15, -0.1) is 0 Å². The molecular formula is C41H52ClN3O5S. The van der Waals surface area contributed by atoms with Crippen LogP contribution in [0.2, 0.25) is 5.02 Å². The van der Waals surface area contributed by atoms with Gasteiger partial charge < -0.3 is 19.1 Å². The Morgan fingerprint density at radius 2 is 1.98 bits per heavy atom. The molecule has 7 rings (SSSR count). The van der Waals surface area contributed by atoms with E-state index in [9.17, 15) is 9.00 Å². The lowest BCUT2D eigenvalue weighted by molar-refractivity contribution is -0.0352. The summed E-state index contributed by atoms with van der Waals surface area (Å²) < 4.78 is 35.5. The monoisotopic (exact) mass is 733 g/mol. The Morgan fingerprint density at radius 1 is 1.16 bits per heavy atom. The summed E-state index contributed by atoms with van der Waals surface area (Å²) >= 11 is 6.49. The molecule has 2 fully saturated rings. The number of methoxy groups -OCH3 is 1. The van der Waals surface area contributed by atoms with Gasteiger partial charge in [0.05, 0.1) is 41.8 Å². The number of allylic oxidation sites excluding steroid dienone is 1. The molecule has 5 aliphatic rings. The van der Waals surface area contributed by atoms with Gasteiger partial charge in [-0.1, -0.05) is 42.5 Å². The topological polar surface area (TPSA) is 80.3 Å². The van der Waals surface area contributed by atoms with Gasteiger partial charge in [-0.2, -0.15) is 0 Å². The molecule has 1 amide bonds. The van der Waals surface area contributed by atoms with E-state index in [1.54, 1.807) is 13.2 Å². The van der Waals surface area contributed by atoms with Crippen molar-refractivity contribution in [1.29, 1.82) is 0 Å². The highest BCUT2D eigenvalue weighted by Gasteiger charge is 2.48. The molecule has 10 heteroatoms. The second kappa shape index (κ2) is 14.8. The molecule has 3 heterocycles. The van der Waals surface area contributed by atoms with Crippen molar-refractivity contribution in [3.05, 3.63) is 70.3 Å². The first-order valence-electron chi connectivity index (χ1n) is 18.5. The van der Waals surface area contributed by atoms with Crippen molar-refractivity contribution in [3.8, 4) is 17.6 Å². The minimum atomic E-state index is -2.97. The number of halogens is 1. The third-order valence-electron chi connectivity index (χ3n) is 12.3. The Morgan fingerprint density at radius 3 is 2.75 bits per heavy atom. The quantitative estimate of drug-likeness (QED) is 0.234. The van der Waals surface area contributed by atoms with Crippen molar-refractivity contribution in [3.63, 3.8) is 0 Å². The van der Waals surface area contributed by atoms with Gasteiger partial charge in [-0.05, 0) is 111 Å². The van der Waals surface area contributed by atoms with Crippen molar-refractivity contribution in [2.75, 3.05) is 64.6 Å². The first kappa shape index (κ1) is 36.4. The highest BCUT2D eigenvalue weighted by Crippen LogP contribution is 2.49. The van der Waals surface area contributed by atoms with Gasteiger partial charge in [-0.25, -0.2) is 4.21 Å². The minimum Gasteiger partial charge on any atom is -0.490 e. The average Bonchev–Trinajstić information content (AvgIpc) is 3.26. The summed E-state index contributed by atoms with van der Waals surface area (Å²) in [6.07, 6.45) is 10.0. The van der Waals surface area contributed by atoms with Gasteiger partial charge in [0.2, 0.25) is 0 Å². The summed E-state index contributed by atoms with van der Waals surface area (Å²) in [5, 5.41) is 0.395. The first-order chi connectivity index (χ1) is 24.5. The van der Waals surface area contributed by atoms with Crippen LogP contribution in [0.3, 0.4) is 0 Å². The molecule has 2 aliphatic carbocycles. The largest absolute Gasteiger partial charge is 0.490 e. The number of hydrogen-bond acceptors (Lipinski definition) is 7. The maximum Gasteiger partial charge on any atom is 0.262 e. The Balaban J connectivity index is 1.30. The predicted molar refractivity (Wildman–Crippen MR) is 206 cm³/mol. The van der Waals surface area contributed by atoms with Crippen LogP contribution in [0.1, 0.15) is 67.4 Å². The number of carbonyl (C=O) groups is 1. The van der Waals surface area contributed by atoms with E-state index in [-0.39, 0.29) is 28.4 Å². The van der Waals surface area contributed by atoms with Crippen molar-refractivity contribution < 1.29 is 23.2 Å². The van der Waals surface area contributed by atoms with E-state index in [0.29, 0.717) is 31.1 Å². The van der Waals surface area contributed by atoms with Crippen LogP contribution in [-0.2, 0) is 31.0 Å². The number of benzene rings is 2. The number of nitrogens with one attached hydrogen (secondary N) is 1. The van der Waals surface area contributed by atoms with Gasteiger partial charge in [0, 0.05) is 60.5 Å². The molecule has 2 bridgehead atoms. The number of carbonyl (C=O) groups excluding carboxylic acids is 1. The zero-order chi connectivity index (χ0) is 35.8. The van der Waals surface area contributed by atoms with Gasteiger partial charge in [0.25, 0.3) is 5.91 Å². The van der Waals surface area contributed by atoms with Gasteiger partial charge in [0.15, 0.2) is 0 Å². The zero-order valence-electron chi connectivity index (χ0n) is 30.3. The van der Waals surface area contributed by atoms with Crippen LogP contribution in [-0.4, -0.2) is 91.4 Å². The van der Waals surface area contributed by atoms with Gasteiger partial charge in [-0.3, -0.25) is 14.4 Å². The van der Waals surface area contributed by atoms with E-state index in [2.05, 4.69) is 63.4 Å². The fourth-order valence-electron chi connectivity index (χ4n) is 8.80. The summed E-state index contributed by atoms with van der Waals surface area (Å²) in [6.45, 7) is 9.89. The minimum absolute atomic E-state index is 0.00659. The van der Waals surface area contributed by atoms with Crippen molar-refractivity contribution in [2.24, 2.45) is 17.8 Å². The normalized spacial score (nSPS) is 34.7. The molecule has 0 radical (unpaired) electrons. The van der Waals surface area contributed by atoms with Crippen molar-refractivity contribution >= 4 is 38.8 Å². The van der Waals surface area contributed by atoms with E-state index < -0.39 is 15.3 Å². The van der Waals surface area contributed by atoms with E-state index in [4.69, 9.17) is 25.8 Å². The molecule has 8 nitrogen and oxygen atoms in total.